The highest BCUT2D eigenvalue weighted by Gasteiger charge is 2.01. The van der Waals surface area contributed by atoms with Crippen molar-refractivity contribution in [2.24, 2.45) is 0 Å². The highest BCUT2D eigenvalue weighted by molar-refractivity contribution is 5.90. The maximum atomic E-state index is 11.1. The Morgan fingerprint density at radius 1 is 1.69 bits per heavy atom. The molecular formula is C9H11NO3. The Bertz CT molecular complexity index is 290. The van der Waals surface area contributed by atoms with Crippen LogP contribution in [0.3, 0.4) is 0 Å². The van der Waals surface area contributed by atoms with Gasteiger partial charge in [-0.25, -0.2) is 5.06 Å². The molecule has 1 heterocycles. The average Bonchev–Trinajstić information content (AvgIpc) is 2.65. The highest BCUT2D eigenvalue weighted by Crippen LogP contribution is 2.02. The molecule has 0 radical (unpaired) electrons. The van der Waals surface area contributed by atoms with Crippen molar-refractivity contribution in [3.05, 3.63) is 30.2 Å². The van der Waals surface area contributed by atoms with Crippen LogP contribution in [0.15, 0.2) is 28.9 Å². The minimum absolute atomic E-state index is 0.237. The Hall–Kier alpha value is -1.55. The van der Waals surface area contributed by atoms with E-state index < -0.39 is 0 Å². The van der Waals surface area contributed by atoms with E-state index in [1.54, 1.807) is 24.5 Å². The van der Waals surface area contributed by atoms with Crippen molar-refractivity contribution >= 4 is 12.0 Å². The zero-order valence-corrected chi connectivity index (χ0v) is 7.56. The van der Waals surface area contributed by atoms with Gasteiger partial charge in [0.1, 0.15) is 5.76 Å². The Morgan fingerprint density at radius 2 is 2.46 bits per heavy atom. The molecule has 4 heteroatoms. The van der Waals surface area contributed by atoms with Gasteiger partial charge in [0.15, 0.2) is 0 Å². The fraction of sp³-hybridized carbons (Fsp3) is 0.222. The summed E-state index contributed by atoms with van der Waals surface area (Å²) < 4.78 is 5.00. The van der Waals surface area contributed by atoms with Crippen LogP contribution in [0.4, 0.5) is 0 Å². The molecule has 0 spiro atoms. The predicted octanol–water partition coefficient (Wildman–Crippen LogP) is 1.31. The van der Waals surface area contributed by atoms with Gasteiger partial charge in [-0.1, -0.05) is 0 Å². The van der Waals surface area contributed by atoms with Crippen molar-refractivity contribution in [3.63, 3.8) is 0 Å². The van der Waals surface area contributed by atoms with Crippen molar-refractivity contribution in [2.45, 2.75) is 0 Å². The molecule has 0 unspecified atom stereocenters. The van der Waals surface area contributed by atoms with Crippen LogP contribution in [-0.2, 0) is 9.63 Å². The summed E-state index contributed by atoms with van der Waals surface area (Å²) in [7, 11) is 2.97. The number of hydroxylamine groups is 2. The zero-order valence-electron chi connectivity index (χ0n) is 7.56. The molecule has 0 aliphatic heterocycles. The molecule has 4 nitrogen and oxygen atoms in total. The van der Waals surface area contributed by atoms with Crippen LogP contribution in [0.5, 0.6) is 0 Å². The molecule has 0 N–H and O–H groups in total. The molecular weight excluding hydrogens is 170 g/mol. The van der Waals surface area contributed by atoms with Gasteiger partial charge in [-0.3, -0.25) is 9.63 Å². The first-order chi connectivity index (χ1) is 6.24. The fourth-order valence-electron chi connectivity index (χ4n) is 0.734. The monoisotopic (exact) mass is 181 g/mol. The van der Waals surface area contributed by atoms with E-state index >= 15 is 0 Å². The van der Waals surface area contributed by atoms with E-state index in [1.165, 1.54) is 20.2 Å². The lowest BCUT2D eigenvalue weighted by Crippen LogP contribution is -2.22. The molecule has 1 aromatic heterocycles. The molecule has 0 atom stereocenters. The Kier molecular flexibility index (Phi) is 3.28. The number of furan rings is 1. The standard InChI is InChI=1S/C9H11NO3/c1-10(12-2)9(11)6-5-8-4-3-7-13-8/h3-7H,1-2H3/b6-5+. The average molecular weight is 181 g/mol. The first-order valence-corrected chi connectivity index (χ1v) is 3.77. The van der Waals surface area contributed by atoms with Crippen molar-refractivity contribution in [3.8, 4) is 0 Å². The molecule has 0 aromatic carbocycles. The van der Waals surface area contributed by atoms with Crippen LogP contribution >= 0.6 is 0 Å². The largest absolute Gasteiger partial charge is 0.465 e. The SMILES string of the molecule is CON(C)C(=O)/C=C/c1ccco1. The van der Waals surface area contributed by atoms with Crippen LogP contribution in [0.2, 0.25) is 0 Å². The first-order valence-electron chi connectivity index (χ1n) is 3.77. The molecule has 1 aromatic rings. The quantitative estimate of drug-likeness (QED) is 0.521. The molecule has 13 heavy (non-hydrogen) atoms. The van der Waals surface area contributed by atoms with Gasteiger partial charge >= 0.3 is 0 Å². The fourth-order valence-corrected chi connectivity index (χ4v) is 0.734. The molecule has 0 saturated carbocycles. The first kappa shape index (κ1) is 9.54. The van der Waals surface area contributed by atoms with Crippen LogP contribution in [0, 0.1) is 0 Å². The van der Waals surface area contributed by atoms with E-state index in [1.807, 2.05) is 0 Å². The van der Waals surface area contributed by atoms with Crippen LogP contribution in [0.1, 0.15) is 5.76 Å². The maximum absolute atomic E-state index is 11.1. The number of nitrogens with zero attached hydrogens (tertiary/aromatic N) is 1. The summed E-state index contributed by atoms with van der Waals surface area (Å²) in [6.45, 7) is 0. The summed E-state index contributed by atoms with van der Waals surface area (Å²) in [4.78, 5) is 15.8. The number of likely N-dealkylation sites (N-methyl/N-ethyl adjacent to an activating group) is 1. The molecule has 0 bridgehead atoms. The molecule has 0 aliphatic rings. The minimum atomic E-state index is -0.237. The summed E-state index contributed by atoms with van der Waals surface area (Å²) in [6.07, 6.45) is 4.50. The normalized spacial score (nSPS) is 10.6. The summed E-state index contributed by atoms with van der Waals surface area (Å²) >= 11 is 0. The third-order valence-corrected chi connectivity index (χ3v) is 1.52. The van der Waals surface area contributed by atoms with Gasteiger partial charge < -0.3 is 4.42 Å². The van der Waals surface area contributed by atoms with E-state index in [0.717, 1.165) is 5.06 Å². The van der Waals surface area contributed by atoms with Gasteiger partial charge in [0.2, 0.25) is 0 Å². The third kappa shape index (κ3) is 2.76. The summed E-state index contributed by atoms with van der Waals surface area (Å²) in [6, 6.07) is 3.51. The predicted molar refractivity (Wildman–Crippen MR) is 47.5 cm³/mol. The number of rotatable bonds is 3. The van der Waals surface area contributed by atoms with Gasteiger partial charge in [-0.05, 0) is 18.2 Å². The van der Waals surface area contributed by atoms with E-state index in [4.69, 9.17) is 4.42 Å². The molecule has 1 rings (SSSR count). The number of hydrogen-bond donors (Lipinski definition) is 0. The van der Waals surface area contributed by atoms with Gasteiger partial charge in [0.05, 0.1) is 13.4 Å². The van der Waals surface area contributed by atoms with E-state index in [9.17, 15) is 4.79 Å². The Morgan fingerprint density at radius 3 is 3.00 bits per heavy atom. The Balaban J connectivity index is 2.54. The third-order valence-electron chi connectivity index (χ3n) is 1.52. The van der Waals surface area contributed by atoms with Crippen LogP contribution in [0.25, 0.3) is 6.08 Å². The van der Waals surface area contributed by atoms with Gasteiger partial charge in [-0.2, -0.15) is 0 Å². The summed E-state index contributed by atoms with van der Waals surface area (Å²) in [5, 5.41) is 1.12. The van der Waals surface area contributed by atoms with Crippen molar-refractivity contribution in [2.75, 3.05) is 14.2 Å². The second-order valence-corrected chi connectivity index (χ2v) is 2.37. The zero-order chi connectivity index (χ0) is 9.68. The van der Waals surface area contributed by atoms with E-state index in [-0.39, 0.29) is 5.91 Å². The van der Waals surface area contributed by atoms with Crippen LogP contribution in [-0.4, -0.2) is 25.1 Å². The second-order valence-electron chi connectivity index (χ2n) is 2.37. The molecule has 0 aliphatic carbocycles. The topological polar surface area (TPSA) is 42.7 Å². The summed E-state index contributed by atoms with van der Waals surface area (Å²) in [5.74, 6) is 0.400. The summed E-state index contributed by atoms with van der Waals surface area (Å²) in [5.41, 5.74) is 0. The lowest BCUT2D eigenvalue weighted by molar-refractivity contribution is -0.162. The lowest BCUT2D eigenvalue weighted by atomic mass is 10.4. The van der Waals surface area contributed by atoms with Crippen molar-refractivity contribution in [1.29, 1.82) is 0 Å². The number of hydrogen-bond acceptors (Lipinski definition) is 3. The van der Waals surface area contributed by atoms with Crippen molar-refractivity contribution in [1.82, 2.24) is 5.06 Å². The highest BCUT2D eigenvalue weighted by atomic mass is 16.7. The smallest absolute Gasteiger partial charge is 0.269 e. The van der Waals surface area contributed by atoms with Gasteiger partial charge in [0.25, 0.3) is 5.91 Å². The number of amides is 1. The Labute approximate surface area is 76.3 Å². The second kappa shape index (κ2) is 4.47. The lowest BCUT2D eigenvalue weighted by Gasteiger charge is -2.09. The van der Waals surface area contributed by atoms with Crippen molar-refractivity contribution < 1.29 is 14.0 Å². The number of carbonyl (C=O) groups excluding carboxylic acids is 1. The molecule has 70 valence electrons. The van der Waals surface area contributed by atoms with Crippen LogP contribution < -0.4 is 0 Å². The minimum Gasteiger partial charge on any atom is -0.465 e. The molecule has 1 amide bonds. The van der Waals surface area contributed by atoms with E-state index in [0.29, 0.717) is 5.76 Å². The molecule has 0 saturated heterocycles. The van der Waals surface area contributed by atoms with Gasteiger partial charge in [-0.15, -0.1) is 0 Å². The van der Waals surface area contributed by atoms with E-state index in [2.05, 4.69) is 4.84 Å². The maximum Gasteiger partial charge on any atom is 0.269 e. The molecule has 0 fully saturated rings. The van der Waals surface area contributed by atoms with Gasteiger partial charge in [0, 0.05) is 13.1 Å². The number of carbonyl (C=O) groups is 1.